The summed E-state index contributed by atoms with van der Waals surface area (Å²) in [4.78, 5) is 28.9. The summed E-state index contributed by atoms with van der Waals surface area (Å²) in [6, 6.07) is 14.6. The average molecular weight is 367 g/mol. The van der Waals surface area contributed by atoms with E-state index in [1.54, 1.807) is 24.3 Å². The van der Waals surface area contributed by atoms with Gasteiger partial charge >= 0.3 is 0 Å². The van der Waals surface area contributed by atoms with E-state index < -0.39 is 0 Å². The van der Waals surface area contributed by atoms with Gasteiger partial charge in [-0.2, -0.15) is 0 Å². The molecule has 1 fully saturated rings. The zero-order valence-electron chi connectivity index (χ0n) is 15.8. The molecule has 1 aliphatic rings. The van der Waals surface area contributed by atoms with Crippen molar-refractivity contribution in [2.45, 2.75) is 12.8 Å². The van der Waals surface area contributed by atoms with Gasteiger partial charge in [0.1, 0.15) is 5.75 Å². The minimum atomic E-state index is -0.268. The number of rotatable bonds is 6. The topological polar surface area (TPSA) is 61.9 Å². The van der Waals surface area contributed by atoms with Gasteiger partial charge in [0, 0.05) is 38.6 Å². The Bertz CT molecular complexity index is 800. The van der Waals surface area contributed by atoms with Gasteiger partial charge in [-0.1, -0.05) is 18.2 Å². The van der Waals surface area contributed by atoms with Crippen LogP contribution in [0.5, 0.6) is 5.75 Å². The first-order valence-corrected chi connectivity index (χ1v) is 9.13. The van der Waals surface area contributed by atoms with Gasteiger partial charge in [-0.05, 0) is 43.2 Å². The fourth-order valence-corrected chi connectivity index (χ4v) is 3.13. The zero-order chi connectivity index (χ0) is 19.2. The van der Waals surface area contributed by atoms with Crippen LogP contribution in [0.25, 0.3) is 0 Å². The van der Waals surface area contributed by atoms with E-state index in [-0.39, 0.29) is 18.4 Å². The van der Waals surface area contributed by atoms with Crippen molar-refractivity contribution in [1.29, 1.82) is 0 Å². The first-order chi connectivity index (χ1) is 13.0. The van der Waals surface area contributed by atoms with Crippen LogP contribution >= 0.6 is 0 Å². The van der Waals surface area contributed by atoms with Gasteiger partial charge < -0.3 is 19.9 Å². The molecule has 1 aliphatic heterocycles. The summed E-state index contributed by atoms with van der Waals surface area (Å²) in [6.07, 6.45) is 2.08. The molecule has 142 valence electrons. The maximum Gasteiger partial charge on any atom is 0.262 e. The van der Waals surface area contributed by atoms with Crippen LogP contribution in [0.4, 0.5) is 11.4 Å². The molecule has 0 bridgehead atoms. The standard InChI is InChI=1S/C21H25N3O3/c1-23(2)19-11-10-16(14-18(19)21(26)24-12-6-7-13-24)22-20(25)15-27-17-8-4-3-5-9-17/h3-5,8-11,14H,6-7,12-13,15H2,1-2H3,(H,22,25). The lowest BCUT2D eigenvalue weighted by Gasteiger charge is -2.22. The molecule has 1 saturated heterocycles. The number of benzene rings is 2. The van der Waals surface area contributed by atoms with Crippen molar-refractivity contribution in [1.82, 2.24) is 4.90 Å². The molecule has 2 aromatic carbocycles. The van der Waals surface area contributed by atoms with E-state index in [2.05, 4.69) is 5.32 Å². The summed E-state index contributed by atoms with van der Waals surface area (Å²) in [5.74, 6) is 0.379. The van der Waals surface area contributed by atoms with Crippen molar-refractivity contribution in [2.75, 3.05) is 44.0 Å². The van der Waals surface area contributed by atoms with E-state index in [0.717, 1.165) is 31.6 Å². The summed E-state index contributed by atoms with van der Waals surface area (Å²) < 4.78 is 5.47. The van der Waals surface area contributed by atoms with Crippen molar-refractivity contribution in [3.63, 3.8) is 0 Å². The number of para-hydroxylation sites is 1. The lowest BCUT2D eigenvalue weighted by molar-refractivity contribution is -0.118. The molecule has 0 unspecified atom stereocenters. The summed E-state index contributed by atoms with van der Waals surface area (Å²) in [7, 11) is 3.81. The van der Waals surface area contributed by atoms with Gasteiger partial charge in [0.05, 0.1) is 5.56 Å². The van der Waals surface area contributed by atoms with Gasteiger partial charge in [-0.15, -0.1) is 0 Å². The Morgan fingerprint density at radius 2 is 1.78 bits per heavy atom. The minimum absolute atomic E-state index is 0.00725. The van der Waals surface area contributed by atoms with Gasteiger partial charge in [0.25, 0.3) is 11.8 Å². The van der Waals surface area contributed by atoms with Crippen LogP contribution in [0, 0.1) is 0 Å². The Labute approximate surface area is 159 Å². The maximum absolute atomic E-state index is 12.9. The molecule has 0 atom stereocenters. The third-order valence-electron chi connectivity index (χ3n) is 4.50. The number of ether oxygens (including phenoxy) is 1. The fourth-order valence-electron chi connectivity index (χ4n) is 3.13. The number of anilines is 2. The van der Waals surface area contributed by atoms with Crippen molar-refractivity contribution in [3.8, 4) is 5.75 Å². The molecule has 0 saturated carbocycles. The van der Waals surface area contributed by atoms with Crippen LogP contribution in [-0.4, -0.2) is 50.5 Å². The Kier molecular flexibility index (Phi) is 5.96. The monoisotopic (exact) mass is 367 g/mol. The second-order valence-electron chi connectivity index (χ2n) is 6.78. The molecule has 6 heteroatoms. The third kappa shape index (κ3) is 4.78. The van der Waals surface area contributed by atoms with E-state index in [0.29, 0.717) is 17.0 Å². The largest absolute Gasteiger partial charge is 0.484 e. The Balaban J connectivity index is 1.70. The number of carbonyl (C=O) groups excluding carboxylic acids is 2. The summed E-state index contributed by atoms with van der Waals surface area (Å²) in [5.41, 5.74) is 2.03. The molecular weight excluding hydrogens is 342 g/mol. The van der Waals surface area contributed by atoms with Gasteiger partial charge in [0.15, 0.2) is 6.61 Å². The number of carbonyl (C=O) groups is 2. The molecular formula is C21H25N3O3. The predicted octanol–water partition coefficient (Wildman–Crippen LogP) is 3.01. The Morgan fingerprint density at radius 1 is 1.07 bits per heavy atom. The second-order valence-corrected chi connectivity index (χ2v) is 6.78. The van der Waals surface area contributed by atoms with E-state index >= 15 is 0 Å². The number of nitrogens with zero attached hydrogens (tertiary/aromatic N) is 2. The molecule has 0 radical (unpaired) electrons. The SMILES string of the molecule is CN(C)c1ccc(NC(=O)COc2ccccc2)cc1C(=O)N1CCCC1. The number of hydrogen-bond acceptors (Lipinski definition) is 4. The van der Waals surface area contributed by atoms with Crippen LogP contribution in [0.1, 0.15) is 23.2 Å². The number of hydrogen-bond donors (Lipinski definition) is 1. The van der Waals surface area contributed by atoms with Crippen LogP contribution in [0.3, 0.4) is 0 Å². The van der Waals surface area contributed by atoms with Gasteiger partial charge in [-0.25, -0.2) is 0 Å². The van der Waals surface area contributed by atoms with Crippen molar-refractivity contribution < 1.29 is 14.3 Å². The highest BCUT2D eigenvalue weighted by atomic mass is 16.5. The highest BCUT2D eigenvalue weighted by Crippen LogP contribution is 2.26. The fraction of sp³-hybridized carbons (Fsp3) is 0.333. The highest BCUT2D eigenvalue weighted by Gasteiger charge is 2.23. The first kappa shape index (κ1) is 18.8. The summed E-state index contributed by atoms with van der Waals surface area (Å²) in [5, 5.41) is 2.81. The Morgan fingerprint density at radius 3 is 2.44 bits per heavy atom. The summed E-state index contributed by atoms with van der Waals surface area (Å²) in [6.45, 7) is 1.48. The van der Waals surface area contributed by atoms with E-state index in [4.69, 9.17) is 4.74 Å². The lowest BCUT2D eigenvalue weighted by atomic mass is 10.1. The molecule has 0 aliphatic carbocycles. The first-order valence-electron chi connectivity index (χ1n) is 9.13. The lowest BCUT2D eigenvalue weighted by Crippen LogP contribution is -2.29. The quantitative estimate of drug-likeness (QED) is 0.853. The second kappa shape index (κ2) is 8.58. The van der Waals surface area contributed by atoms with Gasteiger partial charge in [-0.3, -0.25) is 9.59 Å². The number of amides is 2. The van der Waals surface area contributed by atoms with Crippen molar-refractivity contribution in [3.05, 3.63) is 54.1 Å². The molecule has 1 heterocycles. The van der Waals surface area contributed by atoms with E-state index in [1.807, 2.05) is 48.2 Å². The number of likely N-dealkylation sites (tertiary alicyclic amines) is 1. The van der Waals surface area contributed by atoms with Crippen LogP contribution in [-0.2, 0) is 4.79 Å². The molecule has 0 spiro atoms. The van der Waals surface area contributed by atoms with Gasteiger partial charge in [0.2, 0.25) is 0 Å². The van der Waals surface area contributed by atoms with E-state index in [9.17, 15) is 9.59 Å². The summed E-state index contributed by atoms with van der Waals surface area (Å²) >= 11 is 0. The molecule has 27 heavy (non-hydrogen) atoms. The number of nitrogens with one attached hydrogen (secondary N) is 1. The molecule has 0 aromatic heterocycles. The highest BCUT2D eigenvalue weighted by molar-refractivity contribution is 6.02. The molecule has 3 rings (SSSR count). The zero-order valence-corrected chi connectivity index (χ0v) is 15.8. The van der Waals surface area contributed by atoms with Crippen LogP contribution < -0.4 is 15.0 Å². The van der Waals surface area contributed by atoms with Crippen molar-refractivity contribution in [2.24, 2.45) is 0 Å². The molecule has 2 amide bonds. The third-order valence-corrected chi connectivity index (χ3v) is 4.50. The molecule has 6 nitrogen and oxygen atoms in total. The predicted molar refractivity (Wildman–Crippen MR) is 106 cm³/mol. The molecule has 1 N–H and O–H groups in total. The Hall–Kier alpha value is -3.02. The van der Waals surface area contributed by atoms with Crippen LogP contribution in [0.15, 0.2) is 48.5 Å². The van der Waals surface area contributed by atoms with Crippen molar-refractivity contribution >= 4 is 23.2 Å². The normalized spacial score (nSPS) is 13.3. The smallest absolute Gasteiger partial charge is 0.262 e. The molecule has 2 aromatic rings. The van der Waals surface area contributed by atoms with E-state index in [1.165, 1.54) is 0 Å². The average Bonchev–Trinajstić information content (AvgIpc) is 3.21. The maximum atomic E-state index is 12.9. The van der Waals surface area contributed by atoms with Crippen LogP contribution in [0.2, 0.25) is 0 Å². The minimum Gasteiger partial charge on any atom is -0.484 e.